The highest BCUT2D eigenvalue weighted by atomic mass is 35.5. The van der Waals surface area contributed by atoms with E-state index in [0.717, 1.165) is 12.1 Å². The van der Waals surface area contributed by atoms with Crippen molar-refractivity contribution in [2.45, 2.75) is 50.4 Å². The zero-order chi connectivity index (χ0) is 23.9. The summed E-state index contributed by atoms with van der Waals surface area (Å²) >= 11 is 18.1. The Kier molecular flexibility index (Phi) is 6.92. The van der Waals surface area contributed by atoms with Gasteiger partial charge in [-0.3, -0.25) is 10.2 Å². The van der Waals surface area contributed by atoms with Crippen molar-refractivity contribution in [3.05, 3.63) is 57.6 Å². The van der Waals surface area contributed by atoms with Crippen LogP contribution in [0.4, 0.5) is 13.2 Å². The fourth-order valence-corrected chi connectivity index (χ4v) is 3.89. The molecule has 3 rings (SSSR count). The number of nitrogens with one attached hydrogen (secondary N) is 2. The smallest absolute Gasteiger partial charge is 0.374 e. The number of allylic oxidation sites excluding steroid dienone is 2. The lowest BCUT2D eigenvalue weighted by Crippen LogP contribution is -2.51. The molecule has 5 nitrogen and oxygen atoms in total. The van der Waals surface area contributed by atoms with E-state index >= 15 is 0 Å². The van der Waals surface area contributed by atoms with E-state index in [0.29, 0.717) is 5.57 Å². The third-order valence-corrected chi connectivity index (χ3v) is 5.90. The zero-order valence-corrected chi connectivity index (χ0v) is 19.6. The number of carbonyl (C=O) groups is 1. The molecule has 0 saturated carbocycles. The predicted molar refractivity (Wildman–Crippen MR) is 119 cm³/mol. The first-order chi connectivity index (χ1) is 14.7. The summed E-state index contributed by atoms with van der Waals surface area (Å²) in [6.07, 6.45) is -0.610. The SMILES string of the molecule is CC(C)(C)C(=O)NNC1C=C(C2=NOC(c3cc(Cl)cc(Cl)c3)(C(F)(F)F)C2)C=CC1Cl. The minimum Gasteiger partial charge on any atom is -0.374 e. The van der Waals surface area contributed by atoms with Crippen molar-refractivity contribution >= 4 is 46.4 Å². The van der Waals surface area contributed by atoms with Crippen LogP contribution < -0.4 is 10.9 Å². The van der Waals surface area contributed by atoms with Crippen LogP contribution in [0.5, 0.6) is 0 Å². The highest BCUT2D eigenvalue weighted by molar-refractivity contribution is 6.34. The van der Waals surface area contributed by atoms with Crippen LogP contribution >= 0.6 is 34.8 Å². The second kappa shape index (κ2) is 8.89. The van der Waals surface area contributed by atoms with Crippen molar-refractivity contribution in [3.8, 4) is 0 Å². The second-order valence-electron chi connectivity index (χ2n) is 8.59. The molecule has 0 saturated heterocycles. The molecule has 11 heteroatoms. The molecule has 3 unspecified atom stereocenters. The lowest BCUT2D eigenvalue weighted by molar-refractivity contribution is -0.275. The van der Waals surface area contributed by atoms with Crippen molar-refractivity contribution in [2.75, 3.05) is 0 Å². The molecule has 1 aromatic rings. The van der Waals surface area contributed by atoms with Gasteiger partial charge >= 0.3 is 6.18 Å². The summed E-state index contributed by atoms with van der Waals surface area (Å²) in [5.41, 5.74) is 2.25. The Hall–Kier alpha value is -1.74. The van der Waals surface area contributed by atoms with E-state index in [9.17, 15) is 18.0 Å². The summed E-state index contributed by atoms with van der Waals surface area (Å²) in [7, 11) is 0. The minimum absolute atomic E-state index is 0.0498. The van der Waals surface area contributed by atoms with Gasteiger partial charge in [0.1, 0.15) is 0 Å². The normalized spacial score (nSPS) is 25.8. The highest BCUT2D eigenvalue weighted by Gasteiger charge is 2.62. The number of oxime groups is 1. The van der Waals surface area contributed by atoms with E-state index < -0.39 is 35.0 Å². The van der Waals surface area contributed by atoms with Crippen LogP contribution in [0.15, 0.2) is 47.2 Å². The summed E-state index contributed by atoms with van der Waals surface area (Å²) < 4.78 is 42.5. The molecule has 0 bridgehead atoms. The van der Waals surface area contributed by atoms with Crippen LogP contribution in [0.3, 0.4) is 0 Å². The topological polar surface area (TPSA) is 62.7 Å². The van der Waals surface area contributed by atoms with E-state index in [1.54, 1.807) is 39.0 Å². The number of alkyl halides is 4. The van der Waals surface area contributed by atoms with Crippen molar-refractivity contribution < 1.29 is 22.8 Å². The van der Waals surface area contributed by atoms with Crippen molar-refractivity contribution in [1.29, 1.82) is 0 Å². The van der Waals surface area contributed by atoms with Gasteiger partial charge in [-0.15, -0.1) is 11.6 Å². The number of hydrogen-bond acceptors (Lipinski definition) is 4. The van der Waals surface area contributed by atoms with Gasteiger partial charge in [-0.05, 0) is 23.8 Å². The number of rotatable bonds is 4. The Morgan fingerprint density at radius 3 is 2.38 bits per heavy atom. The Labute approximate surface area is 198 Å². The number of amides is 1. The first-order valence-corrected chi connectivity index (χ1v) is 10.8. The van der Waals surface area contributed by atoms with Crippen LogP contribution in [0, 0.1) is 5.41 Å². The van der Waals surface area contributed by atoms with E-state index in [4.69, 9.17) is 39.6 Å². The van der Waals surface area contributed by atoms with Gasteiger partial charge in [-0.25, -0.2) is 5.43 Å². The Morgan fingerprint density at radius 1 is 1.19 bits per heavy atom. The van der Waals surface area contributed by atoms with E-state index in [1.807, 2.05) is 0 Å². The maximum absolute atomic E-state index is 14.2. The maximum atomic E-state index is 14.2. The first kappa shape index (κ1) is 24.9. The summed E-state index contributed by atoms with van der Waals surface area (Å²) in [6, 6.07) is 3.08. The molecule has 1 amide bonds. The lowest BCUT2D eigenvalue weighted by atomic mass is 9.85. The van der Waals surface area contributed by atoms with Gasteiger partial charge in [-0.2, -0.15) is 13.2 Å². The second-order valence-corrected chi connectivity index (χ2v) is 9.97. The molecule has 1 aliphatic heterocycles. The third-order valence-electron chi connectivity index (χ3n) is 5.04. The van der Waals surface area contributed by atoms with Gasteiger partial charge in [0.15, 0.2) is 0 Å². The molecule has 1 aliphatic carbocycles. The standard InChI is InChI=1S/C21H21Cl3F3N3O2/c1-19(2,3)18(31)29-28-16-6-11(4-5-15(16)24)17-10-20(32-30-17,21(25,26)27)12-7-13(22)9-14(23)8-12/h4-9,15-16,28H,10H2,1-3H3,(H,29,31). The van der Waals surface area contributed by atoms with Gasteiger partial charge in [-0.1, -0.05) is 67.4 Å². The maximum Gasteiger partial charge on any atom is 0.435 e. The molecule has 0 aromatic heterocycles. The zero-order valence-electron chi connectivity index (χ0n) is 17.4. The van der Waals surface area contributed by atoms with Gasteiger partial charge < -0.3 is 4.84 Å². The summed E-state index contributed by atoms with van der Waals surface area (Å²) in [4.78, 5) is 17.1. The number of benzene rings is 1. The summed E-state index contributed by atoms with van der Waals surface area (Å²) in [5.74, 6) is -0.263. The third kappa shape index (κ3) is 5.09. The molecule has 1 aromatic carbocycles. The molecule has 32 heavy (non-hydrogen) atoms. The van der Waals surface area contributed by atoms with E-state index in [-0.39, 0.29) is 27.2 Å². The Morgan fingerprint density at radius 2 is 1.81 bits per heavy atom. The fraction of sp³-hybridized carbons (Fsp3) is 0.429. The predicted octanol–water partition coefficient (Wildman–Crippen LogP) is 5.67. The number of hydrogen-bond donors (Lipinski definition) is 2. The number of halogens is 6. The highest BCUT2D eigenvalue weighted by Crippen LogP contribution is 2.50. The lowest BCUT2D eigenvalue weighted by Gasteiger charge is -2.30. The summed E-state index contributed by atoms with van der Waals surface area (Å²) in [5, 5.41) is 3.30. The summed E-state index contributed by atoms with van der Waals surface area (Å²) in [6.45, 7) is 5.23. The Balaban J connectivity index is 1.85. The van der Waals surface area contributed by atoms with Crippen molar-refractivity contribution in [1.82, 2.24) is 10.9 Å². The van der Waals surface area contributed by atoms with Crippen LogP contribution in [0.25, 0.3) is 0 Å². The van der Waals surface area contributed by atoms with Crippen molar-refractivity contribution in [2.24, 2.45) is 10.6 Å². The van der Waals surface area contributed by atoms with Crippen LogP contribution in [-0.2, 0) is 15.2 Å². The van der Waals surface area contributed by atoms with Gasteiger partial charge in [0, 0.05) is 27.4 Å². The first-order valence-electron chi connectivity index (χ1n) is 9.62. The molecule has 3 atom stereocenters. The monoisotopic (exact) mass is 509 g/mol. The molecular formula is C21H21Cl3F3N3O2. The molecule has 174 valence electrons. The van der Waals surface area contributed by atoms with Gasteiger partial charge in [0.2, 0.25) is 5.91 Å². The van der Waals surface area contributed by atoms with E-state index in [2.05, 4.69) is 16.0 Å². The van der Waals surface area contributed by atoms with Gasteiger partial charge in [0.25, 0.3) is 5.60 Å². The van der Waals surface area contributed by atoms with Crippen LogP contribution in [0.2, 0.25) is 10.0 Å². The molecule has 0 radical (unpaired) electrons. The molecule has 0 spiro atoms. The quantitative estimate of drug-likeness (QED) is 0.405. The Bertz CT molecular complexity index is 982. The van der Waals surface area contributed by atoms with Gasteiger partial charge in [0.05, 0.1) is 17.1 Å². The van der Waals surface area contributed by atoms with E-state index in [1.165, 1.54) is 6.07 Å². The molecule has 2 aliphatic rings. The largest absolute Gasteiger partial charge is 0.435 e. The fourth-order valence-electron chi connectivity index (χ4n) is 3.15. The molecule has 1 heterocycles. The molecule has 0 fully saturated rings. The average Bonchev–Trinajstić information content (AvgIpc) is 3.12. The number of carbonyl (C=O) groups excluding carboxylic acids is 1. The molecular weight excluding hydrogens is 490 g/mol. The van der Waals surface area contributed by atoms with Crippen LogP contribution in [-0.4, -0.2) is 29.2 Å². The minimum atomic E-state index is -4.79. The average molecular weight is 511 g/mol. The van der Waals surface area contributed by atoms with Crippen LogP contribution in [0.1, 0.15) is 32.8 Å². The van der Waals surface area contributed by atoms with Crippen molar-refractivity contribution in [3.63, 3.8) is 0 Å². The molecule has 2 N–H and O–H groups in total. The number of nitrogens with zero attached hydrogens (tertiary/aromatic N) is 1. The number of hydrazine groups is 1.